The molecule has 1 heterocycles. The van der Waals surface area contributed by atoms with Crippen molar-refractivity contribution < 1.29 is 17.9 Å². The van der Waals surface area contributed by atoms with Crippen molar-refractivity contribution in [3.05, 3.63) is 52.3 Å². The number of halogens is 4. The Morgan fingerprint density at radius 2 is 1.86 bits per heavy atom. The normalized spacial score (nSPS) is 11.5. The number of hydrogen-bond acceptors (Lipinski definition) is 4. The van der Waals surface area contributed by atoms with Crippen molar-refractivity contribution in [1.82, 2.24) is 9.97 Å². The van der Waals surface area contributed by atoms with Gasteiger partial charge in [0, 0.05) is 13.7 Å². The Bertz CT molecular complexity index is 632. The van der Waals surface area contributed by atoms with E-state index in [0.29, 0.717) is 17.2 Å². The van der Waals surface area contributed by atoms with Crippen molar-refractivity contribution in [3.63, 3.8) is 0 Å². The lowest BCUT2D eigenvalue weighted by Gasteiger charge is -2.09. The summed E-state index contributed by atoms with van der Waals surface area (Å²) in [5.41, 5.74) is 0.597. The second-order valence-electron chi connectivity index (χ2n) is 4.49. The van der Waals surface area contributed by atoms with Gasteiger partial charge in [-0.2, -0.15) is 13.2 Å². The van der Waals surface area contributed by atoms with Crippen LogP contribution >= 0.6 is 11.6 Å². The lowest BCUT2D eigenvalue weighted by Crippen LogP contribution is -2.07. The van der Waals surface area contributed by atoms with Gasteiger partial charge in [-0.15, -0.1) is 0 Å². The first kappa shape index (κ1) is 16.5. The molecule has 0 unspecified atom stereocenters. The Hall–Kier alpha value is -1.86. The third kappa shape index (κ3) is 4.57. The van der Waals surface area contributed by atoms with Crippen LogP contribution in [0.4, 0.5) is 19.1 Å². The minimum Gasteiger partial charge on any atom is -0.378 e. The van der Waals surface area contributed by atoms with Crippen LogP contribution in [-0.2, 0) is 24.1 Å². The van der Waals surface area contributed by atoms with E-state index < -0.39 is 11.7 Å². The van der Waals surface area contributed by atoms with E-state index in [-0.39, 0.29) is 18.3 Å². The predicted octanol–water partition coefficient (Wildman–Crippen LogP) is 3.91. The van der Waals surface area contributed by atoms with Gasteiger partial charge in [0.15, 0.2) is 0 Å². The van der Waals surface area contributed by atoms with Crippen LogP contribution < -0.4 is 5.32 Å². The number of nitrogens with zero attached hydrogens (tertiary/aromatic N) is 2. The van der Waals surface area contributed by atoms with E-state index in [4.69, 9.17) is 16.3 Å². The third-order valence-corrected chi connectivity index (χ3v) is 2.97. The highest BCUT2D eigenvalue weighted by atomic mass is 35.5. The van der Waals surface area contributed by atoms with Gasteiger partial charge >= 0.3 is 6.18 Å². The number of benzene rings is 1. The maximum Gasteiger partial charge on any atom is 0.416 e. The van der Waals surface area contributed by atoms with Gasteiger partial charge in [0.25, 0.3) is 0 Å². The molecule has 0 amide bonds. The molecular weight excluding hydrogens is 319 g/mol. The van der Waals surface area contributed by atoms with Gasteiger partial charge < -0.3 is 10.1 Å². The molecule has 0 atom stereocenters. The average Bonchev–Trinajstić information content (AvgIpc) is 2.44. The molecule has 0 saturated heterocycles. The summed E-state index contributed by atoms with van der Waals surface area (Å²) in [6, 6.07) is 6.44. The van der Waals surface area contributed by atoms with E-state index in [2.05, 4.69) is 15.3 Å². The fraction of sp³-hybridized carbons (Fsp3) is 0.286. The van der Waals surface area contributed by atoms with Crippen LogP contribution in [-0.4, -0.2) is 17.1 Å². The Kier molecular flexibility index (Phi) is 5.20. The standard InChI is InChI=1S/C14H13ClF3N3O/c1-22-8-11-6-12(15)21-13(20-11)19-7-9-2-4-10(5-3-9)14(16,17)18/h2-6H,7-8H2,1H3,(H,19,20,21). The molecule has 1 aromatic carbocycles. The highest BCUT2D eigenvalue weighted by Crippen LogP contribution is 2.29. The second-order valence-corrected chi connectivity index (χ2v) is 4.87. The van der Waals surface area contributed by atoms with Crippen molar-refractivity contribution >= 4 is 17.5 Å². The first-order chi connectivity index (χ1) is 10.4. The Balaban J connectivity index is 2.04. The highest BCUT2D eigenvalue weighted by Gasteiger charge is 2.29. The molecule has 0 saturated carbocycles. The van der Waals surface area contributed by atoms with Crippen molar-refractivity contribution in [3.8, 4) is 0 Å². The fourth-order valence-corrected chi connectivity index (χ4v) is 1.96. The van der Waals surface area contributed by atoms with Crippen molar-refractivity contribution in [2.75, 3.05) is 12.4 Å². The summed E-state index contributed by atoms with van der Waals surface area (Å²) < 4.78 is 42.4. The number of nitrogens with one attached hydrogen (secondary N) is 1. The van der Waals surface area contributed by atoms with Crippen molar-refractivity contribution in [1.29, 1.82) is 0 Å². The largest absolute Gasteiger partial charge is 0.416 e. The number of aromatic nitrogens is 2. The second kappa shape index (κ2) is 6.93. The molecule has 0 spiro atoms. The zero-order valence-corrected chi connectivity index (χ0v) is 12.4. The molecular formula is C14H13ClF3N3O. The Morgan fingerprint density at radius 1 is 1.18 bits per heavy atom. The molecule has 22 heavy (non-hydrogen) atoms. The first-order valence-electron chi connectivity index (χ1n) is 6.31. The van der Waals surface area contributed by atoms with Crippen LogP contribution in [0.15, 0.2) is 30.3 Å². The first-order valence-corrected chi connectivity index (χ1v) is 6.68. The quantitative estimate of drug-likeness (QED) is 0.844. The maximum atomic E-state index is 12.5. The summed E-state index contributed by atoms with van der Waals surface area (Å²) in [5, 5.41) is 3.18. The molecule has 118 valence electrons. The molecule has 0 bridgehead atoms. The van der Waals surface area contributed by atoms with Gasteiger partial charge in [0.2, 0.25) is 5.95 Å². The van der Waals surface area contributed by atoms with Crippen LogP contribution in [0.25, 0.3) is 0 Å². The number of ether oxygens (including phenoxy) is 1. The summed E-state index contributed by atoms with van der Waals surface area (Å²) in [6.07, 6.45) is -4.34. The summed E-state index contributed by atoms with van der Waals surface area (Å²) in [6.45, 7) is 0.572. The van der Waals surface area contributed by atoms with E-state index in [0.717, 1.165) is 12.1 Å². The molecule has 4 nitrogen and oxygen atoms in total. The minimum absolute atomic E-state index is 0.261. The molecule has 1 N–H and O–H groups in total. The smallest absolute Gasteiger partial charge is 0.378 e. The van der Waals surface area contributed by atoms with Crippen molar-refractivity contribution in [2.24, 2.45) is 0 Å². The minimum atomic E-state index is -4.34. The number of methoxy groups -OCH3 is 1. The summed E-state index contributed by atoms with van der Waals surface area (Å²) >= 11 is 5.87. The van der Waals surface area contributed by atoms with Crippen LogP contribution in [0.5, 0.6) is 0 Å². The lowest BCUT2D eigenvalue weighted by atomic mass is 10.1. The average molecular weight is 332 g/mol. The molecule has 1 aromatic heterocycles. The van der Waals surface area contributed by atoms with Gasteiger partial charge in [-0.3, -0.25) is 0 Å². The fourth-order valence-electron chi connectivity index (χ4n) is 1.76. The molecule has 0 aliphatic carbocycles. The van der Waals surface area contributed by atoms with Gasteiger partial charge in [0.1, 0.15) is 5.15 Å². The predicted molar refractivity (Wildman–Crippen MR) is 76.5 cm³/mol. The zero-order valence-electron chi connectivity index (χ0n) is 11.6. The van der Waals surface area contributed by atoms with E-state index >= 15 is 0 Å². The topological polar surface area (TPSA) is 47.0 Å². The molecule has 2 rings (SSSR count). The highest BCUT2D eigenvalue weighted by molar-refractivity contribution is 6.29. The summed E-state index contributed by atoms with van der Waals surface area (Å²) in [5.74, 6) is 0.291. The van der Waals surface area contributed by atoms with Crippen LogP contribution in [0, 0.1) is 0 Å². The van der Waals surface area contributed by atoms with Gasteiger partial charge in [-0.25, -0.2) is 9.97 Å². The van der Waals surface area contributed by atoms with Gasteiger partial charge in [-0.05, 0) is 23.8 Å². The van der Waals surface area contributed by atoms with Crippen LogP contribution in [0.2, 0.25) is 5.15 Å². The van der Waals surface area contributed by atoms with E-state index in [1.165, 1.54) is 19.2 Å². The maximum absolute atomic E-state index is 12.5. The number of rotatable bonds is 5. The number of alkyl halides is 3. The third-order valence-electron chi connectivity index (χ3n) is 2.77. The van der Waals surface area contributed by atoms with E-state index in [9.17, 15) is 13.2 Å². The SMILES string of the molecule is COCc1cc(Cl)nc(NCc2ccc(C(F)(F)F)cc2)n1. The molecule has 0 aliphatic rings. The van der Waals surface area contributed by atoms with Crippen molar-refractivity contribution in [2.45, 2.75) is 19.3 Å². The summed E-state index contributed by atoms with van der Waals surface area (Å²) in [7, 11) is 1.53. The molecule has 2 aromatic rings. The van der Waals surface area contributed by atoms with Crippen LogP contribution in [0.1, 0.15) is 16.8 Å². The number of hydrogen-bond donors (Lipinski definition) is 1. The van der Waals surface area contributed by atoms with Gasteiger partial charge in [-0.1, -0.05) is 23.7 Å². The zero-order chi connectivity index (χ0) is 16.2. The molecule has 0 fully saturated rings. The Morgan fingerprint density at radius 3 is 2.45 bits per heavy atom. The molecule has 0 radical (unpaired) electrons. The molecule has 0 aliphatic heterocycles. The lowest BCUT2D eigenvalue weighted by molar-refractivity contribution is -0.137. The monoisotopic (exact) mass is 331 g/mol. The molecule has 8 heteroatoms. The summed E-state index contributed by atoms with van der Waals surface area (Å²) in [4.78, 5) is 8.18. The van der Waals surface area contributed by atoms with E-state index in [1.54, 1.807) is 6.07 Å². The Labute approximate surface area is 130 Å². The van der Waals surface area contributed by atoms with Crippen LogP contribution in [0.3, 0.4) is 0 Å². The van der Waals surface area contributed by atoms with Gasteiger partial charge in [0.05, 0.1) is 17.9 Å². The number of anilines is 1. The van der Waals surface area contributed by atoms with E-state index in [1.807, 2.05) is 0 Å².